The molecular formula is C24H24N6O4. The van der Waals surface area contributed by atoms with Gasteiger partial charge in [0, 0.05) is 44.2 Å². The highest BCUT2D eigenvalue weighted by Gasteiger charge is 2.32. The minimum absolute atomic E-state index is 0.0939. The van der Waals surface area contributed by atoms with Crippen molar-refractivity contribution in [2.45, 2.75) is 20.4 Å². The molecule has 10 nitrogen and oxygen atoms in total. The van der Waals surface area contributed by atoms with Crippen LogP contribution in [0.4, 0.5) is 5.82 Å². The molecule has 0 bridgehead atoms. The molecule has 4 aromatic rings. The Hall–Kier alpha value is -4.21. The minimum Gasteiger partial charge on any atom is -0.461 e. The molecule has 0 aliphatic carbocycles. The van der Waals surface area contributed by atoms with Crippen molar-refractivity contribution in [2.24, 2.45) is 7.05 Å². The number of fused-ring (bicyclic) bond motifs is 2. The zero-order chi connectivity index (χ0) is 23.8. The van der Waals surface area contributed by atoms with E-state index in [9.17, 15) is 9.59 Å². The normalized spacial score (nSPS) is 12.9. The molecule has 5 rings (SSSR count). The van der Waals surface area contributed by atoms with Crippen LogP contribution in [0.25, 0.3) is 22.2 Å². The second kappa shape index (κ2) is 8.62. The van der Waals surface area contributed by atoms with Crippen molar-refractivity contribution >= 4 is 28.5 Å². The van der Waals surface area contributed by atoms with E-state index in [0.29, 0.717) is 55.0 Å². The molecule has 0 unspecified atom stereocenters. The van der Waals surface area contributed by atoms with E-state index in [-0.39, 0.29) is 5.91 Å². The second-order valence-electron chi connectivity index (χ2n) is 8.06. The van der Waals surface area contributed by atoms with E-state index < -0.39 is 5.97 Å². The third kappa shape index (κ3) is 3.76. The number of pyridine rings is 1. The monoisotopic (exact) mass is 460 g/mol. The molecule has 4 heterocycles. The molecule has 1 N–H and O–H groups in total. The van der Waals surface area contributed by atoms with E-state index in [4.69, 9.17) is 9.26 Å². The van der Waals surface area contributed by atoms with Gasteiger partial charge in [0.25, 0.3) is 5.91 Å². The number of aromatic nitrogens is 4. The maximum absolute atomic E-state index is 12.9. The number of hydrogen-bond acceptors (Lipinski definition) is 8. The Morgan fingerprint density at radius 3 is 2.85 bits per heavy atom. The Balaban J connectivity index is 1.29. The zero-order valence-electron chi connectivity index (χ0n) is 19.2. The first-order valence-corrected chi connectivity index (χ1v) is 11.0. The summed E-state index contributed by atoms with van der Waals surface area (Å²) in [4.78, 5) is 35.5. The van der Waals surface area contributed by atoms with E-state index in [1.165, 1.54) is 0 Å². The Kier molecular flexibility index (Phi) is 5.48. The molecular weight excluding hydrogens is 436 g/mol. The van der Waals surface area contributed by atoms with Crippen molar-refractivity contribution in [3.63, 3.8) is 0 Å². The number of rotatable bonds is 7. The van der Waals surface area contributed by atoms with Crippen molar-refractivity contribution in [3.05, 3.63) is 59.4 Å². The average Bonchev–Trinajstić information content (AvgIpc) is 3.50. The smallest absolute Gasteiger partial charge is 0.354 e. The van der Waals surface area contributed by atoms with E-state index in [0.717, 1.165) is 22.0 Å². The molecule has 1 aliphatic heterocycles. The van der Waals surface area contributed by atoms with Crippen molar-refractivity contribution in [1.29, 1.82) is 0 Å². The number of ether oxygens (including phenoxy) is 1. The van der Waals surface area contributed by atoms with E-state index in [1.54, 1.807) is 42.6 Å². The maximum Gasteiger partial charge on any atom is 0.354 e. The fourth-order valence-corrected chi connectivity index (χ4v) is 4.20. The number of amides is 1. The summed E-state index contributed by atoms with van der Waals surface area (Å²) >= 11 is 0. The molecule has 0 saturated carbocycles. The third-order valence-electron chi connectivity index (χ3n) is 5.93. The first-order valence-electron chi connectivity index (χ1n) is 11.0. The van der Waals surface area contributed by atoms with Crippen LogP contribution in [0, 0.1) is 6.92 Å². The molecule has 0 saturated heterocycles. The maximum atomic E-state index is 12.9. The largest absolute Gasteiger partial charge is 0.461 e. The number of benzene rings is 1. The van der Waals surface area contributed by atoms with Gasteiger partial charge >= 0.3 is 5.97 Å². The van der Waals surface area contributed by atoms with Crippen LogP contribution in [0.3, 0.4) is 0 Å². The van der Waals surface area contributed by atoms with Crippen molar-refractivity contribution in [1.82, 2.24) is 24.6 Å². The summed E-state index contributed by atoms with van der Waals surface area (Å²) < 4.78 is 11.9. The van der Waals surface area contributed by atoms with Crippen LogP contribution in [-0.2, 0) is 18.3 Å². The molecule has 10 heteroatoms. The van der Waals surface area contributed by atoms with Crippen molar-refractivity contribution < 1.29 is 18.8 Å². The highest BCUT2D eigenvalue weighted by atomic mass is 16.5. The van der Waals surface area contributed by atoms with Gasteiger partial charge in [-0.1, -0.05) is 17.3 Å². The first-order chi connectivity index (χ1) is 16.5. The van der Waals surface area contributed by atoms with E-state index in [1.807, 2.05) is 24.3 Å². The summed E-state index contributed by atoms with van der Waals surface area (Å²) in [6, 6.07) is 9.47. The van der Waals surface area contributed by atoms with Gasteiger partial charge in [0.2, 0.25) is 11.7 Å². The Labute approximate surface area is 195 Å². The number of hydrogen-bond donors (Lipinski definition) is 1. The Morgan fingerprint density at radius 1 is 1.26 bits per heavy atom. The SMILES string of the molecule is CCOC(=O)c1cc2c(n1C)CN(CCNc1nccc3ccc(-c4noc(C)n4)cc13)C2=O. The molecule has 1 amide bonds. The number of aryl methyl sites for hydroxylation is 1. The number of carbonyl (C=O) groups is 2. The standard InChI is InChI=1S/C24H24N6O4/c1-4-33-24(32)19-12-18-20(29(19)3)13-30(23(18)31)10-9-26-22-17-11-16(21-27-14(2)34-28-21)6-5-15(17)7-8-25-22/h5-8,11-12H,4,9-10,13H2,1-3H3,(H,25,26). The van der Waals surface area contributed by atoms with Gasteiger partial charge in [-0.25, -0.2) is 9.78 Å². The van der Waals surface area contributed by atoms with Crippen LogP contribution in [0.5, 0.6) is 0 Å². The van der Waals surface area contributed by atoms with Crippen LogP contribution < -0.4 is 5.32 Å². The molecule has 0 fully saturated rings. The third-order valence-corrected chi connectivity index (χ3v) is 5.93. The van der Waals surface area contributed by atoms with Gasteiger partial charge in [0.15, 0.2) is 0 Å². The summed E-state index contributed by atoms with van der Waals surface area (Å²) in [5.41, 5.74) is 2.60. The number of nitrogens with one attached hydrogen (secondary N) is 1. The average molecular weight is 460 g/mol. The van der Waals surface area contributed by atoms with Crippen molar-refractivity contribution in [3.8, 4) is 11.4 Å². The van der Waals surface area contributed by atoms with Crippen LogP contribution >= 0.6 is 0 Å². The van der Waals surface area contributed by atoms with Gasteiger partial charge in [0.05, 0.1) is 24.4 Å². The number of esters is 1. The lowest BCUT2D eigenvalue weighted by atomic mass is 10.1. The number of nitrogens with zero attached hydrogens (tertiary/aromatic N) is 5. The summed E-state index contributed by atoms with van der Waals surface area (Å²) in [6.07, 6.45) is 1.75. The summed E-state index contributed by atoms with van der Waals surface area (Å²) in [7, 11) is 1.78. The molecule has 1 aromatic carbocycles. The van der Waals surface area contributed by atoms with Gasteiger partial charge < -0.3 is 24.0 Å². The van der Waals surface area contributed by atoms with Crippen LogP contribution in [0.1, 0.15) is 39.4 Å². The highest BCUT2D eigenvalue weighted by Crippen LogP contribution is 2.28. The molecule has 0 atom stereocenters. The Morgan fingerprint density at radius 2 is 2.12 bits per heavy atom. The second-order valence-corrected chi connectivity index (χ2v) is 8.06. The number of carbonyl (C=O) groups excluding carboxylic acids is 2. The quantitative estimate of drug-likeness (QED) is 0.418. The zero-order valence-corrected chi connectivity index (χ0v) is 19.2. The van der Waals surface area contributed by atoms with Crippen LogP contribution in [-0.4, -0.2) is 56.2 Å². The van der Waals surface area contributed by atoms with Crippen LogP contribution in [0.15, 0.2) is 41.1 Å². The fourth-order valence-electron chi connectivity index (χ4n) is 4.20. The highest BCUT2D eigenvalue weighted by molar-refractivity contribution is 6.01. The van der Waals surface area contributed by atoms with Gasteiger partial charge in [0.1, 0.15) is 11.5 Å². The van der Waals surface area contributed by atoms with Gasteiger partial charge in [-0.15, -0.1) is 0 Å². The minimum atomic E-state index is -0.419. The topological polar surface area (TPSA) is 115 Å². The summed E-state index contributed by atoms with van der Waals surface area (Å²) in [5.74, 6) is 1.23. The Bertz CT molecular complexity index is 1410. The molecule has 174 valence electrons. The summed E-state index contributed by atoms with van der Waals surface area (Å²) in [6.45, 7) is 5.24. The predicted molar refractivity (Wildman–Crippen MR) is 124 cm³/mol. The lowest BCUT2D eigenvalue weighted by Crippen LogP contribution is -2.30. The molecule has 0 radical (unpaired) electrons. The van der Waals surface area contributed by atoms with Crippen molar-refractivity contribution in [2.75, 3.05) is 25.0 Å². The van der Waals surface area contributed by atoms with E-state index in [2.05, 4.69) is 20.4 Å². The lowest BCUT2D eigenvalue weighted by molar-refractivity contribution is 0.0514. The van der Waals surface area contributed by atoms with Gasteiger partial charge in [-0.2, -0.15) is 4.98 Å². The summed E-state index contributed by atoms with van der Waals surface area (Å²) in [5, 5.41) is 9.29. The fraction of sp³-hybridized carbons (Fsp3) is 0.292. The first kappa shape index (κ1) is 21.6. The van der Waals surface area contributed by atoms with Gasteiger partial charge in [-0.3, -0.25) is 4.79 Å². The van der Waals surface area contributed by atoms with Crippen LogP contribution in [0.2, 0.25) is 0 Å². The van der Waals surface area contributed by atoms with E-state index >= 15 is 0 Å². The predicted octanol–water partition coefficient (Wildman–Crippen LogP) is 3.18. The number of anilines is 1. The lowest BCUT2D eigenvalue weighted by Gasteiger charge is -2.18. The molecule has 0 spiro atoms. The molecule has 1 aliphatic rings. The molecule has 3 aromatic heterocycles. The molecule has 34 heavy (non-hydrogen) atoms. The van der Waals surface area contributed by atoms with Gasteiger partial charge in [-0.05, 0) is 30.5 Å².